The van der Waals surface area contributed by atoms with Crippen LogP contribution in [0.25, 0.3) is 0 Å². The summed E-state index contributed by atoms with van der Waals surface area (Å²) >= 11 is 0. The molecule has 20 heavy (non-hydrogen) atoms. The monoisotopic (exact) mass is 272 g/mol. The average molecular weight is 272 g/mol. The van der Waals surface area contributed by atoms with Crippen molar-refractivity contribution >= 4 is 36.3 Å². The summed E-state index contributed by atoms with van der Waals surface area (Å²) in [6, 6.07) is 3.79. The lowest BCUT2D eigenvalue weighted by Gasteiger charge is -2.10. The molecule has 1 aromatic carbocycles. The lowest BCUT2D eigenvalue weighted by atomic mass is 10.1. The summed E-state index contributed by atoms with van der Waals surface area (Å²) in [6.45, 7) is 5.40. The Kier molecular flexibility index (Phi) is 5.96. The molecule has 0 aromatic heterocycles. The normalized spacial score (nSPS) is 12.2. The van der Waals surface area contributed by atoms with Gasteiger partial charge in [-0.15, -0.1) is 0 Å². The van der Waals surface area contributed by atoms with Gasteiger partial charge in [-0.05, 0) is 31.3 Å². The van der Waals surface area contributed by atoms with Crippen molar-refractivity contribution in [3.8, 4) is 0 Å². The van der Waals surface area contributed by atoms with Crippen LogP contribution in [0.2, 0.25) is 0 Å². The number of aliphatic imine (C=N–C) groups is 3. The zero-order valence-electron chi connectivity index (χ0n) is 11.8. The third kappa shape index (κ3) is 3.94. The van der Waals surface area contributed by atoms with Crippen LogP contribution < -0.4 is 16.8 Å². The van der Waals surface area contributed by atoms with Crippen LogP contribution in [0.4, 0.5) is 17.1 Å². The van der Waals surface area contributed by atoms with E-state index < -0.39 is 0 Å². The Hall–Kier alpha value is -2.63. The van der Waals surface area contributed by atoms with E-state index in [1.54, 1.807) is 6.21 Å². The van der Waals surface area contributed by atoms with Crippen molar-refractivity contribution in [2.75, 3.05) is 12.4 Å². The molecule has 0 radical (unpaired) electrons. The first kappa shape index (κ1) is 15.4. The van der Waals surface area contributed by atoms with E-state index in [-0.39, 0.29) is 0 Å². The van der Waals surface area contributed by atoms with Gasteiger partial charge < -0.3 is 16.8 Å². The second-order valence-corrected chi connectivity index (χ2v) is 4.01. The molecule has 0 atom stereocenters. The number of rotatable bonds is 6. The van der Waals surface area contributed by atoms with Crippen LogP contribution in [0.5, 0.6) is 0 Å². The predicted molar refractivity (Wildman–Crippen MR) is 87.7 cm³/mol. The first-order valence-corrected chi connectivity index (χ1v) is 6.13. The summed E-state index contributed by atoms with van der Waals surface area (Å²) in [5.74, 6) is 0. The summed E-state index contributed by atoms with van der Waals surface area (Å²) in [7, 11) is 1.82. The smallest absolute Gasteiger partial charge is 0.0860 e. The fourth-order valence-electron chi connectivity index (χ4n) is 1.65. The van der Waals surface area contributed by atoms with E-state index in [0.717, 1.165) is 28.3 Å². The number of nitrogens with one attached hydrogen (secondary N) is 1. The quantitative estimate of drug-likeness (QED) is 0.546. The molecule has 0 bridgehead atoms. The molecule has 106 valence electrons. The number of benzene rings is 1. The van der Waals surface area contributed by atoms with Gasteiger partial charge in [-0.2, -0.15) is 0 Å². The highest BCUT2D eigenvalue weighted by molar-refractivity contribution is 5.78. The van der Waals surface area contributed by atoms with Crippen molar-refractivity contribution in [3.63, 3.8) is 0 Å². The molecule has 6 heteroatoms. The molecule has 0 aliphatic rings. The van der Waals surface area contributed by atoms with Crippen molar-refractivity contribution in [1.29, 1.82) is 0 Å². The first-order chi connectivity index (χ1) is 9.65. The van der Waals surface area contributed by atoms with Crippen LogP contribution in [0.1, 0.15) is 12.5 Å². The maximum absolute atomic E-state index is 5.38. The number of hydrogen-bond acceptors (Lipinski definition) is 5. The molecule has 1 aromatic rings. The highest BCUT2D eigenvalue weighted by atomic mass is 14.9. The molecule has 0 saturated carbocycles. The van der Waals surface area contributed by atoms with Crippen molar-refractivity contribution in [2.24, 2.45) is 26.4 Å². The number of allylic oxidation sites excluding steroid dienone is 1. The van der Waals surface area contributed by atoms with Crippen molar-refractivity contribution in [1.82, 2.24) is 0 Å². The summed E-state index contributed by atoms with van der Waals surface area (Å²) in [6.07, 6.45) is 5.09. The maximum atomic E-state index is 5.38. The van der Waals surface area contributed by atoms with Crippen LogP contribution in [0, 0.1) is 0 Å². The Labute approximate surface area is 119 Å². The van der Waals surface area contributed by atoms with Crippen LogP contribution in [-0.2, 0) is 6.42 Å². The fraction of sp³-hybridized carbons (Fsp3) is 0.214. The van der Waals surface area contributed by atoms with Crippen LogP contribution in [-0.4, -0.2) is 26.3 Å². The molecule has 0 saturated heterocycles. The molecule has 0 fully saturated rings. The average Bonchev–Trinajstić information content (AvgIpc) is 2.48. The predicted octanol–water partition coefficient (Wildman–Crippen LogP) is 2.11. The van der Waals surface area contributed by atoms with Gasteiger partial charge in [-0.1, -0.05) is 0 Å². The highest BCUT2D eigenvalue weighted by Gasteiger charge is 2.07. The Morgan fingerprint density at radius 3 is 2.65 bits per heavy atom. The Bertz CT molecular complexity index is 557. The molecule has 0 aliphatic carbocycles. The first-order valence-electron chi connectivity index (χ1n) is 6.13. The van der Waals surface area contributed by atoms with Gasteiger partial charge in [0.15, 0.2) is 0 Å². The second kappa shape index (κ2) is 7.73. The molecular weight excluding hydrogens is 252 g/mol. The van der Waals surface area contributed by atoms with Crippen molar-refractivity contribution in [3.05, 3.63) is 29.6 Å². The van der Waals surface area contributed by atoms with Crippen LogP contribution in [0.15, 0.2) is 39.0 Å². The zero-order valence-corrected chi connectivity index (χ0v) is 11.8. The minimum absolute atomic E-state index is 0.602. The number of hydrogen-bond donors (Lipinski definition) is 3. The fourth-order valence-corrected chi connectivity index (χ4v) is 1.65. The summed E-state index contributed by atoms with van der Waals surface area (Å²) in [5, 5.41) is 3.05. The van der Waals surface area contributed by atoms with Gasteiger partial charge in [0.2, 0.25) is 0 Å². The summed E-state index contributed by atoms with van der Waals surface area (Å²) in [4.78, 5) is 12.4. The Balaban J connectivity index is 3.15. The van der Waals surface area contributed by atoms with Crippen molar-refractivity contribution in [2.45, 2.75) is 13.3 Å². The molecular formula is C14H20N6. The van der Waals surface area contributed by atoms with E-state index in [1.807, 2.05) is 26.1 Å². The SMILES string of the molecule is C=Nc1cc(C/C=N\C(C)=C/N)c(/N=C\N)cc1NC. The van der Waals surface area contributed by atoms with Gasteiger partial charge in [0.05, 0.1) is 29.1 Å². The molecule has 0 heterocycles. The van der Waals surface area contributed by atoms with Crippen LogP contribution >= 0.6 is 0 Å². The van der Waals surface area contributed by atoms with E-state index in [9.17, 15) is 0 Å². The van der Waals surface area contributed by atoms with E-state index in [0.29, 0.717) is 6.42 Å². The summed E-state index contributed by atoms with van der Waals surface area (Å²) < 4.78 is 0. The van der Waals surface area contributed by atoms with E-state index in [4.69, 9.17) is 11.5 Å². The maximum Gasteiger partial charge on any atom is 0.0860 e. The van der Waals surface area contributed by atoms with Crippen molar-refractivity contribution < 1.29 is 0 Å². The van der Waals surface area contributed by atoms with Crippen LogP contribution in [0.3, 0.4) is 0 Å². The third-order valence-electron chi connectivity index (χ3n) is 2.70. The second-order valence-electron chi connectivity index (χ2n) is 4.01. The zero-order chi connectivity index (χ0) is 15.0. The molecule has 0 spiro atoms. The number of nitrogens with two attached hydrogens (primary N) is 2. The number of nitrogens with zero attached hydrogens (tertiary/aromatic N) is 3. The Morgan fingerprint density at radius 2 is 2.10 bits per heavy atom. The molecule has 1 rings (SSSR count). The van der Waals surface area contributed by atoms with Gasteiger partial charge in [0.1, 0.15) is 0 Å². The van der Waals surface area contributed by atoms with Gasteiger partial charge in [-0.3, -0.25) is 9.98 Å². The number of anilines is 1. The van der Waals surface area contributed by atoms with E-state index >= 15 is 0 Å². The van der Waals surface area contributed by atoms with Gasteiger partial charge in [-0.25, -0.2) is 4.99 Å². The van der Waals surface area contributed by atoms with E-state index in [1.165, 1.54) is 12.5 Å². The van der Waals surface area contributed by atoms with Gasteiger partial charge in [0, 0.05) is 25.9 Å². The topological polar surface area (TPSA) is 101 Å². The largest absolute Gasteiger partial charge is 0.403 e. The molecule has 0 unspecified atom stereocenters. The molecule has 6 nitrogen and oxygen atoms in total. The molecule has 0 amide bonds. The lowest BCUT2D eigenvalue weighted by Crippen LogP contribution is -1.95. The lowest BCUT2D eigenvalue weighted by molar-refractivity contribution is 1.24. The molecule has 0 aliphatic heterocycles. The minimum atomic E-state index is 0.602. The standard InChI is InChI=1S/C14H20N6/c1-10(8-15)19-5-4-11-6-13(17-2)14(18-3)7-12(11)20-9-16/h5-9,18H,2,4,15H2,1,3H3,(H2,16,20)/b10-8-,19-5-. The Morgan fingerprint density at radius 1 is 1.35 bits per heavy atom. The third-order valence-corrected chi connectivity index (χ3v) is 2.70. The summed E-state index contributed by atoms with van der Waals surface area (Å²) in [5.41, 5.74) is 14.8. The highest BCUT2D eigenvalue weighted by Crippen LogP contribution is 2.32. The van der Waals surface area contributed by atoms with E-state index in [2.05, 4.69) is 27.0 Å². The molecule has 5 N–H and O–H groups in total. The van der Waals surface area contributed by atoms with Gasteiger partial charge in [0.25, 0.3) is 0 Å². The minimum Gasteiger partial charge on any atom is -0.403 e. The van der Waals surface area contributed by atoms with Gasteiger partial charge >= 0.3 is 0 Å².